The number of hydrogen-bond donors (Lipinski definition) is 2. The molecule has 8 aromatic rings. The number of aldehydes is 1. The van der Waals surface area contributed by atoms with Crippen molar-refractivity contribution in [2.45, 2.75) is 56.3 Å². The predicted octanol–water partition coefficient (Wildman–Crippen LogP) is 12.7. The number of rotatable bonds is 15. The van der Waals surface area contributed by atoms with Gasteiger partial charge in [-0.2, -0.15) is 0 Å². The average Bonchev–Trinajstić information content (AvgIpc) is 1.87. The minimum Gasteiger partial charge on any atom is -0.469 e. The summed E-state index contributed by atoms with van der Waals surface area (Å²) in [6.07, 6.45) is 6.35. The summed E-state index contributed by atoms with van der Waals surface area (Å²) in [5.74, 6) is -11.0. The zero-order valence-electron chi connectivity index (χ0n) is 47.6. The molecule has 1 saturated carbocycles. The third kappa shape index (κ3) is 21.1. The highest BCUT2D eigenvalue weighted by molar-refractivity contribution is 6.01. The molecular weight excluding hydrogens is 1190 g/mol. The summed E-state index contributed by atoms with van der Waals surface area (Å²) in [6, 6.07) is 19.5. The monoisotopic (exact) mass is 1250 g/mol. The lowest BCUT2D eigenvalue weighted by Crippen LogP contribution is -2.17. The summed E-state index contributed by atoms with van der Waals surface area (Å²) in [4.78, 5) is 73.4. The number of nitrogens with zero attached hydrogens (tertiary/aromatic N) is 4. The molecule has 6 aromatic carbocycles. The van der Waals surface area contributed by atoms with Crippen molar-refractivity contribution in [3.05, 3.63) is 235 Å². The second-order valence-electron chi connectivity index (χ2n) is 19.8. The predicted molar refractivity (Wildman–Crippen MR) is 305 cm³/mol. The van der Waals surface area contributed by atoms with Crippen LogP contribution in [0.5, 0.6) is 0 Å². The number of aryl methyl sites for hydroxylation is 1. The Bertz CT molecular complexity index is 3800. The molecule has 0 bridgehead atoms. The zero-order chi connectivity index (χ0) is 65.8. The van der Waals surface area contributed by atoms with Crippen molar-refractivity contribution < 1.29 is 86.7 Å². The van der Waals surface area contributed by atoms with Crippen molar-refractivity contribution in [2.24, 2.45) is 12.8 Å². The number of anilines is 1. The first-order valence-corrected chi connectivity index (χ1v) is 26.4. The maximum absolute atomic E-state index is 15.2. The van der Waals surface area contributed by atoms with Gasteiger partial charge in [-0.1, -0.05) is 18.2 Å². The smallest absolute Gasteiger partial charge is 0.306 e. The molecule has 2 aromatic heterocycles. The van der Waals surface area contributed by atoms with Crippen molar-refractivity contribution in [3.8, 4) is 11.1 Å². The maximum Gasteiger partial charge on any atom is 0.306 e. The van der Waals surface area contributed by atoms with Crippen LogP contribution in [0.4, 0.5) is 54.1 Å². The first-order chi connectivity index (χ1) is 42.1. The van der Waals surface area contributed by atoms with E-state index in [4.69, 9.17) is 11.5 Å². The molecule has 1 aliphatic rings. The number of halogens is 11. The number of hydrogen-bond acceptors (Lipinski definition) is 13. The van der Waals surface area contributed by atoms with Crippen molar-refractivity contribution in [1.29, 1.82) is 0 Å². The molecule has 4 atom stereocenters. The lowest BCUT2D eigenvalue weighted by molar-refractivity contribution is -0.483. The van der Waals surface area contributed by atoms with Gasteiger partial charge in [0, 0.05) is 83.4 Å². The largest absolute Gasteiger partial charge is 0.469 e. The summed E-state index contributed by atoms with van der Waals surface area (Å²) >= 11 is 0. The van der Waals surface area contributed by atoms with Crippen LogP contribution in [-0.4, -0.2) is 76.6 Å². The molecule has 0 saturated heterocycles. The molecule has 4 N–H and O–H groups in total. The van der Waals surface area contributed by atoms with Gasteiger partial charge in [0.1, 0.15) is 93.9 Å². The Labute approximate surface area is 500 Å². The van der Waals surface area contributed by atoms with Gasteiger partial charge in [-0.15, -0.1) is 0 Å². The molecule has 2 heterocycles. The highest BCUT2D eigenvalue weighted by Crippen LogP contribution is 2.43. The van der Waals surface area contributed by atoms with Gasteiger partial charge in [0.15, 0.2) is 5.78 Å². The molecular formula is C63H55F11N6O9. The van der Waals surface area contributed by atoms with Crippen molar-refractivity contribution in [1.82, 2.24) is 14.5 Å². The molecule has 89 heavy (non-hydrogen) atoms. The first-order valence-electron chi connectivity index (χ1n) is 26.4. The molecule has 0 spiro atoms. The normalized spacial score (nSPS) is 13.9. The van der Waals surface area contributed by atoms with Gasteiger partial charge in [0.05, 0.1) is 38.4 Å². The highest BCUT2D eigenvalue weighted by Gasteiger charge is 2.35. The standard InChI is InChI=1S/C24H19F3N4O.C11H11F2NO4.C11H13F2NO2.C10H8F2O.C7H4F2O/c1-31-10-19(22-23(28)29-11-30-24(22)31)17-3-2-12(7-20(17)27)18-6-14(8-21(18)32)13-4-15(25)9-16(26)5-13;1-18-11(15)4-8(6-14(16)17)7-2-9(12)5-10(13)3-7;1-16-11(15)4-8(6-14)7-2-9(12)5-10(13)3-7;1-7(13)2-3-8-4-9(11)6-10(12)5-8;8-6-1-5(4-10)2-7(9)3-6/h2-5,7,9-11,14,18H,6,8H2,1H3,(H2,28,29,30);2-3,5,8H,4,6H2,1H3;2-3,5,8H,4,6,14H2,1H3;2-6H,1H3;1-4H/b;;;3-2+;. The number of nitrogens with two attached hydrogens (primary N) is 2. The van der Waals surface area contributed by atoms with Crippen LogP contribution in [0, 0.1) is 74.1 Å². The van der Waals surface area contributed by atoms with E-state index in [2.05, 4.69) is 19.4 Å². The fourth-order valence-electron chi connectivity index (χ4n) is 9.20. The number of carbonyl (C=O) groups is 5. The third-order valence-electron chi connectivity index (χ3n) is 13.2. The molecule has 4 unspecified atom stereocenters. The van der Waals surface area contributed by atoms with Crippen molar-refractivity contribution >= 4 is 52.7 Å². The number of ketones is 2. The minimum atomic E-state index is -0.919. The number of nitro groups is 1. The Balaban J connectivity index is 0.000000217. The summed E-state index contributed by atoms with van der Waals surface area (Å²) in [6.45, 7) is 0.891. The van der Waals surface area contributed by atoms with Gasteiger partial charge in [0.2, 0.25) is 6.54 Å². The van der Waals surface area contributed by atoms with Gasteiger partial charge in [-0.3, -0.25) is 34.1 Å². The SMILES string of the molecule is CC(=O)/C=C/c1cc(F)cc(F)c1.COC(=O)CC(CN)c1cc(F)cc(F)c1.COC(=O)CC(C[N+](=O)[O-])c1cc(F)cc(F)c1.Cn1cc(-c2ccc(C3CC(c4cc(F)cc(F)c4)CC3=O)cc2F)c2c(N)ncnc21.O=Cc1cc(F)cc(F)c1. The summed E-state index contributed by atoms with van der Waals surface area (Å²) in [7, 11) is 4.18. The summed E-state index contributed by atoms with van der Waals surface area (Å²) in [5, 5.41) is 11.1. The van der Waals surface area contributed by atoms with Crippen LogP contribution in [-0.2, 0) is 35.7 Å². The van der Waals surface area contributed by atoms with Crippen LogP contribution in [0.1, 0.15) is 94.5 Å². The van der Waals surface area contributed by atoms with E-state index in [0.29, 0.717) is 69.3 Å². The molecule has 26 heteroatoms. The Morgan fingerprint density at radius 3 is 1.57 bits per heavy atom. The van der Waals surface area contributed by atoms with Gasteiger partial charge in [-0.05, 0) is 126 Å². The second kappa shape index (κ2) is 32.7. The highest BCUT2D eigenvalue weighted by atomic mass is 19.2. The summed E-state index contributed by atoms with van der Waals surface area (Å²) in [5.41, 5.74) is 14.7. The van der Waals surface area contributed by atoms with Gasteiger partial charge >= 0.3 is 11.9 Å². The van der Waals surface area contributed by atoms with Gasteiger partial charge in [-0.25, -0.2) is 58.3 Å². The van der Waals surface area contributed by atoms with E-state index >= 15 is 4.39 Å². The van der Waals surface area contributed by atoms with Gasteiger partial charge in [0.25, 0.3) is 0 Å². The molecule has 15 nitrogen and oxygen atoms in total. The maximum atomic E-state index is 15.2. The average molecular weight is 1250 g/mol. The van der Waals surface area contributed by atoms with Gasteiger partial charge < -0.3 is 25.5 Å². The Hall–Kier alpha value is -9.98. The topological polar surface area (TPSA) is 230 Å². The number of ether oxygens (including phenoxy) is 2. The minimum absolute atomic E-state index is 0.00981. The number of fused-ring (bicyclic) bond motifs is 1. The lowest BCUT2D eigenvalue weighted by atomic mass is 9.91. The van der Waals surface area contributed by atoms with Crippen molar-refractivity contribution in [3.63, 3.8) is 0 Å². The Morgan fingerprint density at radius 1 is 0.663 bits per heavy atom. The number of allylic oxidation sites excluding steroid dienone is 1. The van der Waals surface area contributed by atoms with E-state index in [1.807, 2.05) is 0 Å². The number of nitrogen functional groups attached to an aromatic ring is 1. The van der Waals surface area contributed by atoms with E-state index in [9.17, 15) is 78.0 Å². The van der Waals surface area contributed by atoms with Crippen LogP contribution in [0.2, 0.25) is 0 Å². The molecule has 1 fully saturated rings. The van der Waals surface area contributed by atoms with E-state index in [-0.39, 0.29) is 60.2 Å². The molecule has 1 aliphatic carbocycles. The second-order valence-corrected chi connectivity index (χ2v) is 19.8. The molecule has 9 rings (SSSR count). The number of aromatic nitrogens is 3. The molecule has 468 valence electrons. The van der Waals surface area contributed by atoms with Crippen molar-refractivity contribution in [2.75, 3.05) is 33.0 Å². The van der Waals surface area contributed by atoms with E-state index in [1.54, 1.807) is 29.9 Å². The number of benzene rings is 6. The first kappa shape index (κ1) is 69.8. The number of Topliss-reactive ketones (excluding diaryl/α,β-unsaturated/α-hetero) is 1. The number of carbonyl (C=O) groups excluding carboxylic acids is 5. The van der Waals surface area contributed by atoms with Crippen LogP contribution in [0.3, 0.4) is 0 Å². The number of methoxy groups -OCH3 is 2. The van der Waals surface area contributed by atoms with E-state index in [0.717, 1.165) is 61.7 Å². The third-order valence-corrected chi connectivity index (χ3v) is 13.2. The quantitative estimate of drug-likeness (QED) is 0.0243. The van der Waals surface area contributed by atoms with E-state index < -0.39 is 105 Å². The molecule has 0 radical (unpaired) electrons. The fourth-order valence-corrected chi connectivity index (χ4v) is 9.20. The lowest BCUT2D eigenvalue weighted by Gasteiger charge is -2.13. The summed E-state index contributed by atoms with van der Waals surface area (Å²) < 4.78 is 155. The van der Waals surface area contributed by atoms with Crippen LogP contribution in [0.25, 0.3) is 28.2 Å². The van der Waals surface area contributed by atoms with Crippen LogP contribution in [0.15, 0.2) is 128 Å². The van der Waals surface area contributed by atoms with E-state index in [1.165, 1.54) is 62.8 Å². The Kier molecular flexibility index (Phi) is 25.6. The van der Waals surface area contributed by atoms with Crippen LogP contribution < -0.4 is 11.5 Å². The molecule has 0 aliphatic heterocycles. The molecule has 0 amide bonds. The Morgan fingerprint density at radius 2 is 1.12 bits per heavy atom. The number of esters is 2. The zero-order valence-corrected chi connectivity index (χ0v) is 47.6. The van der Waals surface area contributed by atoms with Crippen LogP contribution >= 0.6 is 0 Å². The fraction of sp³-hybridized carbons (Fsp3) is 0.222.